The number of carbonyl (C=O) groups excluding carboxylic acids is 1. The molecule has 1 aromatic carbocycles. The second-order valence-electron chi connectivity index (χ2n) is 6.47. The van der Waals surface area contributed by atoms with Crippen LogP contribution in [0.5, 0.6) is 0 Å². The molecule has 4 nitrogen and oxygen atoms in total. The molecule has 0 aliphatic heterocycles. The Kier molecular flexibility index (Phi) is 8.10. The molecule has 0 aliphatic carbocycles. The standard InChI is InChI=1S/C21H29NO3/c1-3-4-12-19-14-15-20(25-19)13-8-9-17(2)22-21(23)24-16-18-10-6-5-7-11-18/h5-7,10-11,14-15,17H,3-4,8-9,12-13,16H2,1-2H3,(H,22,23)/t17-/m0/s1. The van der Waals surface area contributed by atoms with Crippen LogP contribution in [0.2, 0.25) is 0 Å². The van der Waals surface area contributed by atoms with E-state index in [2.05, 4.69) is 24.4 Å². The van der Waals surface area contributed by atoms with Crippen LogP contribution < -0.4 is 5.32 Å². The normalized spacial score (nSPS) is 11.9. The summed E-state index contributed by atoms with van der Waals surface area (Å²) in [6.07, 6.45) is 5.76. The molecule has 1 N–H and O–H groups in total. The van der Waals surface area contributed by atoms with Crippen LogP contribution in [0.3, 0.4) is 0 Å². The molecule has 0 spiro atoms. The van der Waals surface area contributed by atoms with Crippen molar-refractivity contribution in [2.24, 2.45) is 0 Å². The van der Waals surface area contributed by atoms with Crippen molar-refractivity contribution < 1.29 is 13.9 Å². The molecule has 25 heavy (non-hydrogen) atoms. The fraction of sp³-hybridized carbons (Fsp3) is 0.476. The summed E-state index contributed by atoms with van der Waals surface area (Å²) in [5.41, 5.74) is 0.988. The second kappa shape index (κ2) is 10.6. The summed E-state index contributed by atoms with van der Waals surface area (Å²) >= 11 is 0. The molecule has 0 unspecified atom stereocenters. The maximum Gasteiger partial charge on any atom is 0.407 e. The molecule has 0 bridgehead atoms. The Labute approximate surface area is 150 Å². The molecule has 0 saturated carbocycles. The molecule has 2 rings (SSSR count). The first kappa shape index (κ1) is 19.1. The summed E-state index contributed by atoms with van der Waals surface area (Å²) in [5, 5.41) is 2.88. The Hall–Kier alpha value is -2.23. The van der Waals surface area contributed by atoms with E-state index in [4.69, 9.17) is 9.15 Å². The lowest BCUT2D eigenvalue weighted by Gasteiger charge is -2.13. The Bertz CT molecular complexity index is 621. The van der Waals surface area contributed by atoms with Crippen LogP contribution in [-0.4, -0.2) is 12.1 Å². The van der Waals surface area contributed by atoms with E-state index >= 15 is 0 Å². The van der Waals surface area contributed by atoms with Gasteiger partial charge in [0.25, 0.3) is 0 Å². The molecule has 1 amide bonds. The van der Waals surface area contributed by atoms with Crippen molar-refractivity contribution in [3.8, 4) is 0 Å². The zero-order chi connectivity index (χ0) is 17.9. The number of nitrogens with one attached hydrogen (secondary N) is 1. The molecule has 0 aliphatic rings. The Morgan fingerprint density at radius 2 is 1.76 bits per heavy atom. The lowest BCUT2D eigenvalue weighted by Crippen LogP contribution is -2.33. The zero-order valence-corrected chi connectivity index (χ0v) is 15.3. The summed E-state index contributed by atoms with van der Waals surface area (Å²) in [7, 11) is 0. The number of furan rings is 1. The van der Waals surface area contributed by atoms with Crippen molar-refractivity contribution in [2.75, 3.05) is 0 Å². The van der Waals surface area contributed by atoms with Crippen LogP contribution in [0, 0.1) is 0 Å². The minimum atomic E-state index is -0.365. The van der Waals surface area contributed by atoms with Gasteiger partial charge in [0.05, 0.1) is 0 Å². The van der Waals surface area contributed by atoms with Crippen molar-refractivity contribution in [2.45, 2.75) is 65.0 Å². The van der Waals surface area contributed by atoms with E-state index in [0.717, 1.165) is 42.8 Å². The van der Waals surface area contributed by atoms with Crippen molar-refractivity contribution in [3.63, 3.8) is 0 Å². The number of amides is 1. The van der Waals surface area contributed by atoms with E-state index in [0.29, 0.717) is 6.61 Å². The number of hydrogen-bond donors (Lipinski definition) is 1. The predicted molar refractivity (Wildman–Crippen MR) is 99.5 cm³/mol. The van der Waals surface area contributed by atoms with Crippen LogP contribution in [-0.2, 0) is 24.2 Å². The first-order valence-corrected chi connectivity index (χ1v) is 9.22. The SMILES string of the molecule is CCCCc1ccc(CCC[C@H](C)NC(=O)OCc2ccccc2)o1. The third-order valence-corrected chi connectivity index (χ3v) is 4.13. The van der Waals surface area contributed by atoms with E-state index in [1.807, 2.05) is 37.3 Å². The fourth-order valence-corrected chi connectivity index (χ4v) is 2.66. The molecule has 4 heteroatoms. The maximum absolute atomic E-state index is 11.8. The Balaban J connectivity index is 1.60. The van der Waals surface area contributed by atoms with Gasteiger partial charge in [-0.05, 0) is 43.9 Å². The van der Waals surface area contributed by atoms with E-state index < -0.39 is 0 Å². The molecular formula is C21H29NO3. The van der Waals surface area contributed by atoms with Crippen molar-refractivity contribution >= 4 is 6.09 Å². The van der Waals surface area contributed by atoms with Gasteiger partial charge >= 0.3 is 6.09 Å². The number of benzene rings is 1. The highest BCUT2D eigenvalue weighted by molar-refractivity contribution is 5.67. The van der Waals surface area contributed by atoms with Gasteiger partial charge in [-0.25, -0.2) is 4.79 Å². The summed E-state index contributed by atoms with van der Waals surface area (Å²) in [5.74, 6) is 2.11. The molecule has 1 aromatic heterocycles. The van der Waals surface area contributed by atoms with E-state index in [-0.39, 0.29) is 12.1 Å². The van der Waals surface area contributed by atoms with Gasteiger partial charge < -0.3 is 14.5 Å². The third-order valence-electron chi connectivity index (χ3n) is 4.13. The van der Waals surface area contributed by atoms with Crippen LogP contribution in [0.4, 0.5) is 4.79 Å². The number of hydrogen-bond acceptors (Lipinski definition) is 3. The summed E-state index contributed by atoms with van der Waals surface area (Å²) in [6.45, 7) is 4.48. The summed E-state index contributed by atoms with van der Waals surface area (Å²) in [6, 6.07) is 13.9. The van der Waals surface area contributed by atoms with E-state index in [9.17, 15) is 4.79 Å². The predicted octanol–water partition coefficient (Wildman–Crippen LogP) is 5.26. The lowest BCUT2D eigenvalue weighted by molar-refractivity contribution is 0.136. The molecule has 0 fully saturated rings. The van der Waals surface area contributed by atoms with Gasteiger partial charge in [0.15, 0.2) is 0 Å². The number of alkyl carbamates (subject to hydrolysis) is 1. The van der Waals surface area contributed by atoms with Gasteiger partial charge in [0, 0.05) is 18.9 Å². The smallest absolute Gasteiger partial charge is 0.407 e. The Morgan fingerprint density at radius 1 is 1.08 bits per heavy atom. The van der Waals surface area contributed by atoms with Gasteiger partial charge in [0.2, 0.25) is 0 Å². The van der Waals surface area contributed by atoms with E-state index in [1.165, 1.54) is 12.8 Å². The van der Waals surface area contributed by atoms with E-state index in [1.54, 1.807) is 0 Å². The summed E-state index contributed by atoms with van der Waals surface area (Å²) < 4.78 is 11.1. The first-order valence-electron chi connectivity index (χ1n) is 9.22. The minimum absolute atomic E-state index is 0.0813. The average molecular weight is 343 g/mol. The molecular weight excluding hydrogens is 314 g/mol. The Morgan fingerprint density at radius 3 is 2.44 bits per heavy atom. The molecule has 0 radical (unpaired) electrons. The second-order valence-corrected chi connectivity index (χ2v) is 6.47. The van der Waals surface area contributed by atoms with Gasteiger partial charge in [-0.15, -0.1) is 0 Å². The first-order chi connectivity index (χ1) is 12.2. The van der Waals surface area contributed by atoms with Crippen molar-refractivity contribution in [1.29, 1.82) is 0 Å². The topological polar surface area (TPSA) is 51.5 Å². The number of unbranched alkanes of at least 4 members (excludes halogenated alkanes) is 1. The molecule has 136 valence electrons. The maximum atomic E-state index is 11.8. The number of ether oxygens (including phenoxy) is 1. The molecule has 1 atom stereocenters. The van der Waals surface area contributed by atoms with Gasteiger partial charge in [0.1, 0.15) is 18.1 Å². The van der Waals surface area contributed by atoms with Crippen LogP contribution in [0.15, 0.2) is 46.9 Å². The van der Waals surface area contributed by atoms with Crippen molar-refractivity contribution in [1.82, 2.24) is 5.32 Å². The van der Waals surface area contributed by atoms with Gasteiger partial charge in [-0.3, -0.25) is 0 Å². The minimum Gasteiger partial charge on any atom is -0.466 e. The van der Waals surface area contributed by atoms with Crippen LogP contribution in [0.25, 0.3) is 0 Å². The average Bonchev–Trinajstić information content (AvgIpc) is 3.07. The van der Waals surface area contributed by atoms with Crippen LogP contribution >= 0.6 is 0 Å². The van der Waals surface area contributed by atoms with Gasteiger partial charge in [-0.1, -0.05) is 43.7 Å². The van der Waals surface area contributed by atoms with Crippen LogP contribution in [0.1, 0.15) is 56.6 Å². The molecule has 0 saturated heterocycles. The molecule has 1 heterocycles. The lowest BCUT2D eigenvalue weighted by atomic mass is 10.1. The summed E-state index contributed by atoms with van der Waals surface area (Å²) in [4.78, 5) is 11.8. The molecule has 2 aromatic rings. The third kappa shape index (κ3) is 7.46. The number of rotatable bonds is 10. The fourth-order valence-electron chi connectivity index (χ4n) is 2.66. The zero-order valence-electron chi connectivity index (χ0n) is 15.3. The monoisotopic (exact) mass is 343 g/mol. The highest BCUT2D eigenvalue weighted by atomic mass is 16.5. The largest absolute Gasteiger partial charge is 0.466 e. The quantitative estimate of drug-likeness (QED) is 0.640. The van der Waals surface area contributed by atoms with Gasteiger partial charge in [-0.2, -0.15) is 0 Å². The number of carbonyl (C=O) groups is 1. The van der Waals surface area contributed by atoms with Crippen molar-refractivity contribution in [3.05, 3.63) is 59.5 Å². The highest BCUT2D eigenvalue weighted by Crippen LogP contribution is 2.14. The highest BCUT2D eigenvalue weighted by Gasteiger charge is 2.09. The number of aryl methyl sites for hydroxylation is 2.